The third-order valence-electron chi connectivity index (χ3n) is 5.64. The average Bonchev–Trinajstić information content (AvgIpc) is 3.16. The third-order valence-corrected chi connectivity index (χ3v) is 7.46. The van der Waals surface area contributed by atoms with Crippen molar-refractivity contribution in [1.82, 2.24) is 3.97 Å². The van der Waals surface area contributed by atoms with Crippen molar-refractivity contribution in [3.63, 3.8) is 0 Å². The van der Waals surface area contributed by atoms with Gasteiger partial charge in [0.1, 0.15) is 11.6 Å². The van der Waals surface area contributed by atoms with E-state index in [1.165, 1.54) is 36.5 Å². The summed E-state index contributed by atoms with van der Waals surface area (Å²) in [5.41, 5.74) is 1.85. The second kappa shape index (κ2) is 9.30. The molecule has 0 unspecified atom stereocenters. The number of hydrogen-bond acceptors (Lipinski definition) is 4. The van der Waals surface area contributed by atoms with E-state index in [-0.39, 0.29) is 28.6 Å². The van der Waals surface area contributed by atoms with E-state index < -0.39 is 33.9 Å². The van der Waals surface area contributed by atoms with E-state index in [0.29, 0.717) is 22.3 Å². The van der Waals surface area contributed by atoms with Crippen LogP contribution < -0.4 is 4.74 Å². The Kier molecular flexibility index (Phi) is 6.52. The number of carboxylic acids is 1. The summed E-state index contributed by atoms with van der Waals surface area (Å²) >= 11 is 0. The maximum Gasteiger partial charge on any atom is 0.573 e. The normalized spacial score (nSPS) is 12.1. The average molecular weight is 521 g/mol. The van der Waals surface area contributed by atoms with E-state index in [0.717, 1.165) is 28.2 Å². The Hall–Kier alpha value is -3.86. The van der Waals surface area contributed by atoms with Crippen LogP contribution in [0, 0.1) is 12.7 Å². The smallest absolute Gasteiger partial charge is 0.481 e. The van der Waals surface area contributed by atoms with Crippen LogP contribution >= 0.6 is 0 Å². The molecule has 0 aliphatic carbocycles. The van der Waals surface area contributed by atoms with Gasteiger partial charge in [-0.2, -0.15) is 0 Å². The molecule has 0 saturated carbocycles. The first-order valence-electron chi connectivity index (χ1n) is 10.6. The van der Waals surface area contributed by atoms with E-state index >= 15 is 0 Å². The van der Waals surface area contributed by atoms with Gasteiger partial charge in [-0.25, -0.2) is 16.8 Å². The Morgan fingerprint density at radius 2 is 1.75 bits per heavy atom. The van der Waals surface area contributed by atoms with Gasteiger partial charge in [0.25, 0.3) is 10.0 Å². The third kappa shape index (κ3) is 5.06. The van der Waals surface area contributed by atoms with Crippen LogP contribution in [0.15, 0.2) is 71.8 Å². The lowest BCUT2D eigenvalue weighted by molar-refractivity contribution is -0.274. The Balaban J connectivity index is 1.79. The van der Waals surface area contributed by atoms with Gasteiger partial charge in [-0.05, 0) is 72.0 Å². The van der Waals surface area contributed by atoms with Crippen LogP contribution in [0.2, 0.25) is 0 Å². The fourth-order valence-electron chi connectivity index (χ4n) is 4.03. The van der Waals surface area contributed by atoms with Crippen molar-refractivity contribution in [2.75, 3.05) is 0 Å². The number of nitrogens with zero attached hydrogens (tertiary/aromatic N) is 1. The van der Waals surface area contributed by atoms with E-state index in [1.54, 1.807) is 13.0 Å². The summed E-state index contributed by atoms with van der Waals surface area (Å²) in [6, 6.07) is 13.2. The maximum atomic E-state index is 13.9. The molecule has 0 amide bonds. The Bertz CT molecular complexity index is 1560. The quantitative estimate of drug-likeness (QED) is 0.306. The molecule has 3 aromatic carbocycles. The zero-order valence-electron chi connectivity index (χ0n) is 18.7. The Labute approximate surface area is 203 Å². The largest absolute Gasteiger partial charge is 0.573 e. The van der Waals surface area contributed by atoms with Crippen LogP contribution in [0.5, 0.6) is 5.75 Å². The number of carboxylic acid groups (broad SMARTS) is 1. The summed E-state index contributed by atoms with van der Waals surface area (Å²) in [6.07, 6.45) is -3.81. The molecule has 6 nitrogen and oxygen atoms in total. The minimum Gasteiger partial charge on any atom is -0.481 e. The van der Waals surface area contributed by atoms with Gasteiger partial charge < -0.3 is 9.84 Å². The van der Waals surface area contributed by atoms with Crippen molar-refractivity contribution in [1.29, 1.82) is 0 Å². The molecule has 1 N–H and O–H groups in total. The standard InChI is InChI=1S/C25H19F4NO5S/c1-15-20(16-5-9-19(10-6-16)35-25(27,28)29)3-2-4-23(15)36(33,34)30-14-17(7-12-24(31)32)21-13-18(26)8-11-22(21)30/h2-6,8-11,13-14H,7,12H2,1H3,(H,31,32). The van der Waals surface area contributed by atoms with Gasteiger partial charge in [-0.1, -0.05) is 24.3 Å². The molecule has 0 aliphatic heterocycles. The lowest BCUT2D eigenvalue weighted by Crippen LogP contribution is -2.17. The molecule has 36 heavy (non-hydrogen) atoms. The molecule has 188 valence electrons. The van der Waals surface area contributed by atoms with Crippen molar-refractivity contribution < 1.29 is 40.6 Å². The molecule has 0 saturated heterocycles. The first-order valence-corrected chi connectivity index (χ1v) is 12.0. The molecular weight excluding hydrogens is 502 g/mol. The van der Waals surface area contributed by atoms with E-state index in [2.05, 4.69) is 4.74 Å². The molecule has 0 aliphatic rings. The summed E-state index contributed by atoms with van der Waals surface area (Å²) in [5, 5.41) is 9.32. The van der Waals surface area contributed by atoms with Crippen molar-refractivity contribution >= 4 is 26.9 Å². The van der Waals surface area contributed by atoms with Crippen LogP contribution in [-0.2, 0) is 21.2 Å². The number of fused-ring (bicyclic) bond motifs is 1. The molecule has 0 fully saturated rings. The van der Waals surface area contributed by atoms with Gasteiger partial charge in [0.05, 0.1) is 10.4 Å². The number of alkyl halides is 3. The summed E-state index contributed by atoms with van der Waals surface area (Å²) in [4.78, 5) is 11.0. The van der Waals surface area contributed by atoms with Crippen LogP contribution in [0.3, 0.4) is 0 Å². The second-order valence-electron chi connectivity index (χ2n) is 8.01. The van der Waals surface area contributed by atoms with Crippen molar-refractivity contribution in [3.05, 3.63) is 83.8 Å². The highest BCUT2D eigenvalue weighted by Crippen LogP contribution is 2.34. The van der Waals surface area contributed by atoms with Crippen molar-refractivity contribution in [3.8, 4) is 16.9 Å². The SMILES string of the molecule is Cc1c(-c2ccc(OC(F)(F)F)cc2)cccc1S(=O)(=O)n1cc(CCC(=O)O)c2cc(F)ccc21. The maximum absolute atomic E-state index is 13.9. The number of halogens is 4. The van der Waals surface area contributed by atoms with Gasteiger partial charge in [0, 0.05) is 18.0 Å². The van der Waals surface area contributed by atoms with E-state index in [9.17, 15) is 30.8 Å². The minimum atomic E-state index is -4.84. The molecule has 0 spiro atoms. The predicted molar refractivity (Wildman–Crippen MR) is 124 cm³/mol. The summed E-state index contributed by atoms with van der Waals surface area (Å²) in [7, 11) is -4.22. The summed E-state index contributed by atoms with van der Waals surface area (Å²) < 4.78 is 83.6. The van der Waals surface area contributed by atoms with Crippen LogP contribution in [0.4, 0.5) is 17.6 Å². The summed E-state index contributed by atoms with van der Waals surface area (Å²) in [5.74, 6) is -2.08. The number of aryl methyl sites for hydroxylation is 1. The van der Waals surface area contributed by atoms with E-state index in [1.807, 2.05) is 0 Å². The molecule has 1 aromatic heterocycles. The van der Waals surface area contributed by atoms with Crippen LogP contribution in [0.25, 0.3) is 22.0 Å². The molecule has 0 atom stereocenters. The Morgan fingerprint density at radius 1 is 1.06 bits per heavy atom. The van der Waals surface area contributed by atoms with Crippen molar-refractivity contribution in [2.45, 2.75) is 31.0 Å². The molecule has 0 bridgehead atoms. The number of ether oxygens (including phenoxy) is 1. The number of rotatable bonds is 7. The van der Waals surface area contributed by atoms with Gasteiger partial charge in [-0.15, -0.1) is 13.2 Å². The first-order chi connectivity index (χ1) is 16.9. The van der Waals surface area contributed by atoms with Crippen molar-refractivity contribution in [2.24, 2.45) is 0 Å². The first kappa shape index (κ1) is 25.2. The topological polar surface area (TPSA) is 85.6 Å². The van der Waals surface area contributed by atoms with Gasteiger partial charge in [0.15, 0.2) is 0 Å². The molecule has 0 radical (unpaired) electrons. The molecule has 11 heteroatoms. The van der Waals surface area contributed by atoms with Crippen LogP contribution in [0.1, 0.15) is 17.5 Å². The fraction of sp³-hybridized carbons (Fsp3) is 0.160. The zero-order chi connectivity index (χ0) is 26.3. The monoisotopic (exact) mass is 521 g/mol. The highest BCUT2D eigenvalue weighted by Gasteiger charge is 2.31. The number of aliphatic carboxylic acids is 1. The molecule has 4 rings (SSSR count). The zero-order valence-corrected chi connectivity index (χ0v) is 19.5. The number of benzene rings is 3. The Morgan fingerprint density at radius 3 is 2.39 bits per heavy atom. The molecule has 1 heterocycles. The fourth-order valence-corrected chi connectivity index (χ4v) is 5.67. The van der Waals surface area contributed by atoms with E-state index in [4.69, 9.17) is 5.11 Å². The highest BCUT2D eigenvalue weighted by molar-refractivity contribution is 7.90. The minimum absolute atomic E-state index is 0.00315. The van der Waals surface area contributed by atoms with Crippen LogP contribution in [-0.4, -0.2) is 29.8 Å². The second-order valence-corrected chi connectivity index (χ2v) is 9.79. The van der Waals surface area contributed by atoms with Gasteiger partial charge in [-0.3, -0.25) is 4.79 Å². The number of hydrogen-bond donors (Lipinski definition) is 1. The predicted octanol–water partition coefficient (Wildman–Crippen LogP) is 5.91. The highest BCUT2D eigenvalue weighted by atomic mass is 32.2. The molecule has 4 aromatic rings. The van der Waals surface area contributed by atoms with Gasteiger partial charge >= 0.3 is 12.3 Å². The lowest BCUT2D eigenvalue weighted by Gasteiger charge is -2.14. The number of aromatic nitrogens is 1. The lowest BCUT2D eigenvalue weighted by atomic mass is 10.0. The molecular formula is C25H19F4NO5S. The number of carbonyl (C=O) groups is 1. The summed E-state index contributed by atoms with van der Waals surface area (Å²) in [6.45, 7) is 1.57. The van der Waals surface area contributed by atoms with Gasteiger partial charge in [0.2, 0.25) is 0 Å².